The molecule has 0 bridgehead atoms. The van der Waals surface area contributed by atoms with E-state index >= 15 is 0 Å². The Bertz CT molecular complexity index is 1360. The number of pyridine rings is 1. The van der Waals surface area contributed by atoms with Gasteiger partial charge in [-0.15, -0.1) is 0 Å². The quantitative estimate of drug-likeness (QED) is 0.532. The van der Waals surface area contributed by atoms with Crippen molar-refractivity contribution < 1.29 is 36.2 Å². The molecule has 4 rings (SSSR count). The monoisotopic (exact) mass is 498 g/mol. The van der Waals surface area contributed by atoms with Crippen molar-refractivity contribution in [2.45, 2.75) is 37.6 Å². The Hall–Kier alpha value is -3.61. The number of benzene rings is 1. The van der Waals surface area contributed by atoms with E-state index in [-0.39, 0.29) is 22.3 Å². The van der Waals surface area contributed by atoms with Crippen molar-refractivity contribution in [2.24, 2.45) is 5.92 Å². The van der Waals surface area contributed by atoms with E-state index in [1.807, 2.05) is 0 Å². The highest BCUT2D eigenvalue weighted by atomic mass is 19.4. The van der Waals surface area contributed by atoms with Crippen LogP contribution < -0.4 is 15.6 Å². The molecule has 1 saturated heterocycles. The van der Waals surface area contributed by atoms with E-state index in [2.05, 4.69) is 20.3 Å². The number of amides is 1. The SMILES string of the molecule is COc1c([C@@H]2[C@@H](C(=O)Nc3ccnc4c(=O)[nH]cnc34)O[C@](C)(C(F)(F)F)[C@@H]2C)ccc(F)c1F. The maximum Gasteiger partial charge on any atom is 0.417 e. The van der Waals surface area contributed by atoms with Crippen molar-refractivity contribution in [2.75, 3.05) is 12.4 Å². The molecule has 8 nitrogen and oxygen atoms in total. The van der Waals surface area contributed by atoms with Crippen molar-refractivity contribution in [3.8, 4) is 5.75 Å². The van der Waals surface area contributed by atoms with Gasteiger partial charge in [0.2, 0.25) is 5.82 Å². The lowest BCUT2D eigenvalue weighted by Gasteiger charge is -2.32. The number of methoxy groups -OCH3 is 1. The number of alkyl halides is 3. The standard InChI is InChI=1S/C22H19F5N4O4/c1-9-13(10-4-5-11(23)14(24)17(10)34-3)18(35-21(9,2)22(25,26)27)20(33)31-12-6-7-28-16-15(12)29-8-30-19(16)32/h4-9,13,18H,1-3H3,(H,28,31,33)(H,29,30,32)/t9-,13-,18+,21+/m1/s1. The maximum absolute atomic E-state index is 14.4. The van der Waals surface area contributed by atoms with Gasteiger partial charge in [0.25, 0.3) is 11.5 Å². The predicted octanol–water partition coefficient (Wildman–Crippen LogP) is 3.68. The third kappa shape index (κ3) is 3.89. The fourth-order valence-corrected chi connectivity index (χ4v) is 4.32. The number of fused-ring (bicyclic) bond motifs is 1. The van der Waals surface area contributed by atoms with E-state index in [1.165, 1.54) is 19.2 Å². The smallest absolute Gasteiger partial charge is 0.417 e. The minimum atomic E-state index is -4.90. The molecule has 0 saturated carbocycles. The highest BCUT2D eigenvalue weighted by Crippen LogP contribution is 2.55. The van der Waals surface area contributed by atoms with E-state index in [9.17, 15) is 31.5 Å². The molecule has 0 radical (unpaired) electrons. The number of hydrogen-bond donors (Lipinski definition) is 2. The Morgan fingerprint density at radius 2 is 1.91 bits per heavy atom. The molecule has 35 heavy (non-hydrogen) atoms. The lowest BCUT2D eigenvalue weighted by atomic mass is 9.77. The molecule has 3 aromatic rings. The first-order valence-electron chi connectivity index (χ1n) is 10.3. The zero-order valence-electron chi connectivity index (χ0n) is 18.5. The molecule has 13 heteroatoms. The van der Waals surface area contributed by atoms with Gasteiger partial charge in [-0.3, -0.25) is 9.59 Å². The van der Waals surface area contributed by atoms with E-state index in [0.717, 1.165) is 32.5 Å². The Morgan fingerprint density at radius 1 is 1.20 bits per heavy atom. The van der Waals surface area contributed by atoms with Crippen LogP contribution in [0.15, 0.2) is 35.5 Å². The van der Waals surface area contributed by atoms with E-state index < -0.39 is 58.6 Å². The molecule has 186 valence electrons. The first-order chi connectivity index (χ1) is 16.4. The minimum absolute atomic E-state index is 0.000957. The number of H-pyrrole nitrogens is 1. The lowest BCUT2D eigenvalue weighted by molar-refractivity contribution is -0.272. The molecule has 1 fully saturated rings. The summed E-state index contributed by atoms with van der Waals surface area (Å²) in [5.74, 6) is -7.10. The highest BCUT2D eigenvalue weighted by molar-refractivity contribution is 6.01. The second-order valence-corrected chi connectivity index (χ2v) is 8.22. The summed E-state index contributed by atoms with van der Waals surface area (Å²) in [6.45, 7) is 1.99. The number of nitrogens with one attached hydrogen (secondary N) is 2. The van der Waals surface area contributed by atoms with Gasteiger partial charge in [0.05, 0.1) is 19.1 Å². The molecule has 3 heterocycles. The Kier molecular flexibility index (Phi) is 5.99. The summed E-state index contributed by atoms with van der Waals surface area (Å²) in [6, 6.07) is 3.11. The van der Waals surface area contributed by atoms with Gasteiger partial charge < -0.3 is 19.8 Å². The van der Waals surface area contributed by atoms with Crippen LogP contribution in [0.2, 0.25) is 0 Å². The normalized spacial score (nSPS) is 24.5. The number of carbonyl (C=O) groups is 1. The van der Waals surface area contributed by atoms with Gasteiger partial charge in [0, 0.05) is 23.6 Å². The van der Waals surface area contributed by atoms with Gasteiger partial charge in [0.15, 0.2) is 22.7 Å². The molecular formula is C22H19F5N4O4. The van der Waals surface area contributed by atoms with Crippen LogP contribution in [-0.2, 0) is 9.53 Å². The fourth-order valence-electron chi connectivity index (χ4n) is 4.32. The topological polar surface area (TPSA) is 106 Å². The van der Waals surface area contributed by atoms with Gasteiger partial charge in [-0.1, -0.05) is 13.0 Å². The Balaban J connectivity index is 1.82. The number of carbonyl (C=O) groups excluding carboxylic acids is 1. The number of nitrogens with zero attached hydrogens (tertiary/aromatic N) is 2. The van der Waals surface area contributed by atoms with Crippen LogP contribution in [0.3, 0.4) is 0 Å². The van der Waals surface area contributed by atoms with Gasteiger partial charge >= 0.3 is 6.18 Å². The predicted molar refractivity (Wildman–Crippen MR) is 113 cm³/mol. The van der Waals surface area contributed by atoms with Gasteiger partial charge in [0.1, 0.15) is 11.6 Å². The zero-order valence-corrected chi connectivity index (χ0v) is 18.5. The second kappa shape index (κ2) is 8.56. The molecule has 4 atom stereocenters. The summed E-state index contributed by atoms with van der Waals surface area (Å²) in [5.41, 5.74) is -3.67. The number of hydrogen-bond acceptors (Lipinski definition) is 6. The Morgan fingerprint density at radius 3 is 2.57 bits per heavy atom. The average molecular weight is 498 g/mol. The molecule has 0 spiro atoms. The Labute approximate surface area is 194 Å². The van der Waals surface area contributed by atoms with Gasteiger partial charge in [-0.05, 0) is 19.1 Å². The summed E-state index contributed by atoms with van der Waals surface area (Å²) in [6.07, 6.45) is -4.40. The summed E-state index contributed by atoms with van der Waals surface area (Å²) in [7, 11) is 1.03. The second-order valence-electron chi connectivity index (χ2n) is 8.22. The molecular weight excluding hydrogens is 479 g/mol. The largest absolute Gasteiger partial charge is 0.493 e. The number of aromatic amines is 1. The van der Waals surface area contributed by atoms with Crippen LogP contribution in [0.5, 0.6) is 5.75 Å². The van der Waals surface area contributed by atoms with Crippen LogP contribution in [0.25, 0.3) is 11.0 Å². The molecule has 0 unspecified atom stereocenters. The third-order valence-corrected chi connectivity index (χ3v) is 6.36. The van der Waals surface area contributed by atoms with Crippen molar-refractivity contribution >= 4 is 22.6 Å². The summed E-state index contributed by atoms with van der Waals surface area (Å²) in [5, 5.41) is 2.43. The molecule has 2 aromatic heterocycles. The molecule has 2 N–H and O–H groups in total. The summed E-state index contributed by atoms with van der Waals surface area (Å²) < 4.78 is 80.7. The van der Waals surface area contributed by atoms with E-state index in [0.29, 0.717) is 0 Å². The number of aromatic nitrogens is 3. The van der Waals surface area contributed by atoms with Crippen LogP contribution in [0, 0.1) is 17.6 Å². The van der Waals surface area contributed by atoms with Crippen LogP contribution >= 0.6 is 0 Å². The number of rotatable bonds is 4. The van der Waals surface area contributed by atoms with Crippen molar-refractivity contribution in [3.63, 3.8) is 0 Å². The molecule has 1 aromatic carbocycles. The number of halogens is 5. The average Bonchev–Trinajstić information content (AvgIpc) is 3.08. The first-order valence-corrected chi connectivity index (χ1v) is 10.3. The van der Waals surface area contributed by atoms with Gasteiger partial charge in [-0.25, -0.2) is 14.4 Å². The number of anilines is 1. The van der Waals surface area contributed by atoms with E-state index in [1.54, 1.807) is 0 Å². The number of ether oxygens (including phenoxy) is 2. The lowest BCUT2D eigenvalue weighted by Crippen LogP contribution is -2.47. The molecule has 0 aliphatic carbocycles. The highest BCUT2D eigenvalue weighted by Gasteiger charge is 2.65. The molecule has 1 amide bonds. The van der Waals surface area contributed by atoms with Gasteiger partial charge in [-0.2, -0.15) is 17.6 Å². The first kappa shape index (κ1) is 24.5. The van der Waals surface area contributed by atoms with Crippen LogP contribution in [-0.4, -0.2) is 45.9 Å². The summed E-state index contributed by atoms with van der Waals surface area (Å²) in [4.78, 5) is 35.4. The van der Waals surface area contributed by atoms with E-state index in [4.69, 9.17) is 9.47 Å². The maximum atomic E-state index is 14.4. The van der Waals surface area contributed by atoms with Crippen molar-refractivity contribution in [1.29, 1.82) is 0 Å². The van der Waals surface area contributed by atoms with Crippen molar-refractivity contribution in [1.82, 2.24) is 15.0 Å². The fraction of sp³-hybridized carbons (Fsp3) is 0.364. The minimum Gasteiger partial charge on any atom is -0.493 e. The van der Waals surface area contributed by atoms with Crippen LogP contribution in [0.4, 0.5) is 27.6 Å². The summed E-state index contributed by atoms with van der Waals surface area (Å²) >= 11 is 0. The molecule has 1 aliphatic rings. The van der Waals surface area contributed by atoms with Crippen LogP contribution in [0.1, 0.15) is 25.3 Å². The zero-order chi connectivity index (χ0) is 25.7. The third-order valence-electron chi connectivity index (χ3n) is 6.36. The van der Waals surface area contributed by atoms with Crippen molar-refractivity contribution in [3.05, 3.63) is 58.3 Å². The molecule has 1 aliphatic heterocycles.